The van der Waals surface area contributed by atoms with Gasteiger partial charge in [-0.1, -0.05) is 30.3 Å². The molecule has 1 heterocycles. The van der Waals surface area contributed by atoms with Crippen LogP contribution >= 0.6 is 0 Å². The highest BCUT2D eigenvalue weighted by molar-refractivity contribution is 5.98. The lowest BCUT2D eigenvalue weighted by Gasteiger charge is -2.06. The number of hydrogen-bond donors (Lipinski definition) is 2. The van der Waals surface area contributed by atoms with Crippen molar-refractivity contribution in [1.29, 1.82) is 0 Å². The van der Waals surface area contributed by atoms with Crippen molar-refractivity contribution in [2.75, 3.05) is 6.54 Å². The first kappa shape index (κ1) is 15.7. The van der Waals surface area contributed by atoms with Gasteiger partial charge in [0.25, 0.3) is 11.6 Å². The van der Waals surface area contributed by atoms with Crippen LogP contribution in [0.4, 0.5) is 5.69 Å². The third-order valence-electron chi connectivity index (χ3n) is 4.03. The number of aromatic nitrogens is 1. The van der Waals surface area contributed by atoms with Gasteiger partial charge in [-0.05, 0) is 31.0 Å². The molecule has 6 heteroatoms. The Morgan fingerprint density at radius 1 is 1.17 bits per heavy atom. The van der Waals surface area contributed by atoms with E-state index in [9.17, 15) is 14.9 Å². The molecular weight excluding hydrogens is 306 g/mol. The van der Waals surface area contributed by atoms with Crippen LogP contribution in [-0.2, 0) is 6.42 Å². The number of fused-ring (bicyclic) bond motifs is 1. The maximum atomic E-state index is 12.2. The van der Waals surface area contributed by atoms with Crippen LogP contribution in [0.5, 0.6) is 0 Å². The lowest BCUT2D eigenvalue weighted by atomic mass is 10.1. The Balaban J connectivity index is 1.71. The zero-order valence-corrected chi connectivity index (χ0v) is 13.2. The van der Waals surface area contributed by atoms with Gasteiger partial charge in [-0.15, -0.1) is 0 Å². The van der Waals surface area contributed by atoms with Crippen molar-refractivity contribution in [3.63, 3.8) is 0 Å². The molecule has 2 N–H and O–H groups in total. The molecule has 0 unspecified atom stereocenters. The summed E-state index contributed by atoms with van der Waals surface area (Å²) in [7, 11) is 0. The number of nitro benzene ring substituents is 1. The molecule has 0 saturated carbocycles. The second-order valence-corrected chi connectivity index (χ2v) is 5.55. The maximum absolute atomic E-state index is 12.2. The molecule has 0 atom stereocenters. The Morgan fingerprint density at radius 2 is 1.88 bits per heavy atom. The highest BCUT2D eigenvalue weighted by Gasteiger charge is 2.18. The van der Waals surface area contributed by atoms with E-state index in [0.29, 0.717) is 13.0 Å². The van der Waals surface area contributed by atoms with Crippen LogP contribution in [0.2, 0.25) is 0 Å². The predicted octanol–water partition coefficient (Wildman–Crippen LogP) is 3.36. The molecule has 0 aliphatic carbocycles. The molecule has 2 aromatic carbocycles. The Kier molecular flexibility index (Phi) is 4.29. The molecule has 0 bridgehead atoms. The minimum atomic E-state index is -0.543. The van der Waals surface area contributed by atoms with E-state index in [4.69, 9.17) is 0 Å². The second kappa shape index (κ2) is 6.54. The van der Waals surface area contributed by atoms with Gasteiger partial charge in [0.05, 0.1) is 4.92 Å². The third-order valence-corrected chi connectivity index (χ3v) is 4.03. The van der Waals surface area contributed by atoms with E-state index in [2.05, 4.69) is 10.3 Å². The van der Waals surface area contributed by atoms with Crippen molar-refractivity contribution in [3.8, 4) is 0 Å². The lowest BCUT2D eigenvalue weighted by Crippen LogP contribution is -2.26. The first-order valence-electron chi connectivity index (χ1n) is 7.65. The molecular formula is C18H17N3O3. The molecule has 6 nitrogen and oxygen atoms in total. The van der Waals surface area contributed by atoms with E-state index < -0.39 is 10.8 Å². The zero-order chi connectivity index (χ0) is 17.1. The molecule has 0 saturated heterocycles. The highest BCUT2D eigenvalue weighted by atomic mass is 16.6. The summed E-state index contributed by atoms with van der Waals surface area (Å²) < 4.78 is 0. The first-order chi connectivity index (χ1) is 11.6. The largest absolute Gasteiger partial charge is 0.358 e. The first-order valence-corrected chi connectivity index (χ1v) is 7.65. The van der Waals surface area contributed by atoms with Gasteiger partial charge in [-0.25, -0.2) is 0 Å². The van der Waals surface area contributed by atoms with Crippen LogP contribution in [0.1, 0.15) is 21.6 Å². The van der Waals surface area contributed by atoms with Crippen molar-refractivity contribution in [1.82, 2.24) is 10.3 Å². The van der Waals surface area contributed by atoms with E-state index in [-0.39, 0.29) is 11.3 Å². The quantitative estimate of drug-likeness (QED) is 0.557. The second-order valence-electron chi connectivity index (χ2n) is 5.55. The van der Waals surface area contributed by atoms with Gasteiger partial charge in [0.1, 0.15) is 5.56 Å². The van der Waals surface area contributed by atoms with Crippen molar-refractivity contribution in [2.45, 2.75) is 13.3 Å². The van der Waals surface area contributed by atoms with Crippen LogP contribution in [-0.4, -0.2) is 22.4 Å². The summed E-state index contributed by atoms with van der Waals surface area (Å²) in [5.41, 5.74) is 3.18. The summed E-state index contributed by atoms with van der Waals surface area (Å²) in [4.78, 5) is 26.0. The van der Waals surface area contributed by atoms with Gasteiger partial charge in [0.2, 0.25) is 0 Å². The summed E-state index contributed by atoms with van der Waals surface area (Å²) in [5, 5.41) is 14.9. The topological polar surface area (TPSA) is 88.0 Å². The molecule has 24 heavy (non-hydrogen) atoms. The van der Waals surface area contributed by atoms with Crippen molar-refractivity contribution >= 4 is 22.5 Å². The number of aromatic amines is 1. The Hall–Kier alpha value is -3.15. The standard InChI is InChI=1S/C18H17N3O3/c1-12-13(14-6-2-4-8-16(14)20-12)10-11-19-18(22)15-7-3-5-9-17(15)21(23)24/h2-9,20H,10-11H2,1H3,(H,19,22). The van der Waals surface area contributed by atoms with Crippen molar-refractivity contribution in [2.24, 2.45) is 0 Å². The van der Waals surface area contributed by atoms with E-state index in [1.165, 1.54) is 12.1 Å². The van der Waals surface area contributed by atoms with Crippen molar-refractivity contribution < 1.29 is 9.72 Å². The predicted molar refractivity (Wildman–Crippen MR) is 92.2 cm³/mol. The van der Waals surface area contributed by atoms with Gasteiger partial charge in [-0.3, -0.25) is 14.9 Å². The average molecular weight is 323 g/mol. The van der Waals surface area contributed by atoms with Crippen LogP contribution in [0.25, 0.3) is 10.9 Å². The number of para-hydroxylation sites is 2. The fourth-order valence-electron chi connectivity index (χ4n) is 2.88. The molecule has 0 aliphatic rings. The molecule has 3 rings (SSSR count). The third kappa shape index (κ3) is 2.99. The minimum Gasteiger partial charge on any atom is -0.358 e. The van der Waals surface area contributed by atoms with Gasteiger partial charge >= 0.3 is 0 Å². The number of nitrogens with one attached hydrogen (secondary N) is 2. The molecule has 1 amide bonds. The SMILES string of the molecule is Cc1[nH]c2ccccc2c1CCNC(=O)c1ccccc1[N+](=O)[O-]. The Morgan fingerprint density at radius 3 is 2.67 bits per heavy atom. The molecule has 0 fully saturated rings. The average Bonchev–Trinajstić information content (AvgIpc) is 2.90. The zero-order valence-electron chi connectivity index (χ0n) is 13.2. The van der Waals surface area contributed by atoms with Crippen LogP contribution in [0, 0.1) is 17.0 Å². The van der Waals surface area contributed by atoms with Gasteiger partial charge in [-0.2, -0.15) is 0 Å². The van der Waals surface area contributed by atoms with Gasteiger partial charge in [0.15, 0.2) is 0 Å². The smallest absolute Gasteiger partial charge is 0.282 e. The molecule has 1 aromatic heterocycles. The lowest BCUT2D eigenvalue weighted by molar-refractivity contribution is -0.385. The summed E-state index contributed by atoms with van der Waals surface area (Å²) in [6.45, 7) is 2.41. The van der Waals surface area contributed by atoms with Crippen LogP contribution < -0.4 is 5.32 Å². The van der Waals surface area contributed by atoms with E-state index in [1.807, 2.05) is 31.2 Å². The van der Waals surface area contributed by atoms with Gasteiger partial charge in [0, 0.05) is 29.2 Å². The number of rotatable bonds is 5. The minimum absolute atomic E-state index is 0.0816. The number of carbonyl (C=O) groups is 1. The summed E-state index contributed by atoms with van der Waals surface area (Å²) in [5.74, 6) is -0.431. The van der Waals surface area contributed by atoms with E-state index in [1.54, 1.807) is 12.1 Å². The van der Waals surface area contributed by atoms with E-state index >= 15 is 0 Å². The summed E-state index contributed by atoms with van der Waals surface area (Å²) in [6.07, 6.45) is 0.655. The molecule has 3 aromatic rings. The Labute approximate surface area is 138 Å². The fourth-order valence-corrected chi connectivity index (χ4v) is 2.88. The van der Waals surface area contributed by atoms with Crippen LogP contribution in [0.15, 0.2) is 48.5 Å². The normalized spacial score (nSPS) is 10.7. The molecule has 0 radical (unpaired) electrons. The van der Waals surface area contributed by atoms with Crippen LogP contribution in [0.3, 0.4) is 0 Å². The number of benzene rings is 2. The molecule has 0 aliphatic heterocycles. The van der Waals surface area contributed by atoms with Crippen molar-refractivity contribution in [3.05, 3.63) is 75.5 Å². The van der Waals surface area contributed by atoms with Gasteiger partial charge < -0.3 is 10.3 Å². The number of aryl methyl sites for hydroxylation is 1. The fraction of sp³-hybridized carbons (Fsp3) is 0.167. The molecule has 0 spiro atoms. The Bertz CT molecular complexity index is 915. The van der Waals surface area contributed by atoms with E-state index in [0.717, 1.165) is 22.2 Å². The monoisotopic (exact) mass is 323 g/mol. The number of H-pyrrole nitrogens is 1. The molecule has 122 valence electrons. The number of nitro groups is 1. The highest BCUT2D eigenvalue weighted by Crippen LogP contribution is 2.22. The number of hydrogen-bond acceptors (Lipinski definition) is 3. The summed E-state index contributed by atoms with van der Waals surface area (Å²) in [6, 6.07) is 14.0. The maximum Gasteiger partial charge on any atom is 0.282 e. The number of nitrogens with zero attached hydrogens (tertiary/aromatic N) is 1. The number of amides is 1. The number of carbonyl (C=O) groups excluding carboxylic acids is 1. The summed E-state index contributed by atoms with van der Waals surface area (Å²) >= 11 is 0.